The van der Waals surface area contributed by atoms with Crippen molar-refractivity contribution in [3.8, 4) is 0 Å². The van der Waals surface area contributed by atoms with Gasteiger partial charge in [0.15, 0.2) is 5.78 Å². The Balaban J connectivity index is 0.000000165. The lowest BCUT2D eigenvalue weighted by Gasteiger charge is -2.17. The Hall–Kier alpha value is -0.570. The lowest BCUT2D eigenvalue weighted by molar-refractivity contribution is -0.117. The summed E-state index contributed by atoms with van der Waals surface area (Å²) in [4.78, 5) is 21.2. The summed E-state index contributed by atoms with van der Waals surface area (Å²) in [5.74, 6) is 0.726. The normalized spacial score (nSPS) is 28.8. The largest absolute Gasteiger partial charge is 0.300 e. The smallest absolute Gasteiger partial charge is 0.155 e. The van der Waals surface area contributed by atoms with Crippen LogP contribution < -0.4 is 0 Å². The van der Waals surface area contributed by atoms with Gasteiger partial charge in [0.05, 0.1) is 0 Å². The molecule has 1 unspecified atom stereocenters. The first-order chi connectivity index (χ1) is 7.45. The SMILES string of the molecule is CC1=CC(=O)CC1.CSC1(C)CCC(=O)C1. The van der Waals surface area contributed by atoms with E-state index in [1.165, 1.54) is 5.57 Å². The van der Waals surface area contributed by atoms with Crippen molar-refractivity contribution in [1.82, 2.24) is 0 Å². The van der Waals surface area contributed by atoms with Gasteiger partial charge in [-0.05, 0) is 39.0 Å². The van der Waals surface area contributed by atoms with Crippen LogP contribution in [-0.4, -0.2) is 22.6 Å². The van der Waals surface area contributed by atoms with Crippen LogP contribution in [0.4, 0.5) is 0 Å². The molecule has 1 fully saturated rings. The van der Waals surface area contributed by atoms with Crippen LogP contribution >= 0.6 is 11.8 Å². The van der Waals surface area contributed by atoms with Gasteiger partial charge in [-0.3, -0.25) is 9.59 Å². The minimum absolute atomic E-state index is 0.275. The van der Waals surface area contributed by atoms with E-state index < -0.39 is 0 Å². The third-order valence-electron chi connectivity index (χ3n) is 3.17. The number of carbonyl (C=O) groups is 2. The fourth-order valence-corrected chi connectivity index (χ4v) is 2.52. The van der Waals surface area contributed by atoms with Gasteiger partial charge in [-0.15, -0.1) is 0 Å². The molecule has 0 radical (unpaired) electrons. The zero-order chi connectivity index (χ0) is 12.2. The van der Waals surface area contributed by atoms with Crippen molar-refractivity contribution in [3.63, 3.8) is 0 Å². The summed E-state index contributed by atoms with van der Waals surface area (Å²) in [5, 5.41) is 0. The van der Waals surface area contributed by atoms with Crippen LogP contribution in [0.2, 0.25) is 0 Å². The van der Waals surface area contributed by atoms with Crippen LogP contribution in [0.1, 0.15) is 46.0 Å². The summed E-state index contributed by atoms with van der Waals surface area (Å²) in [6, 6.07) is 0. The highest BCUT2D eigenvalue weighted by molar-refractivity contribution is 8.00. The molecule has 0 spiro atoms. The van der Waals surface area contributed by atoms with E-state index in [9.17, 15) is 9.59 Å². The number of ketones is 2. The number of hydrogen-bond donors (Lipinski definition) is 0. The highest BCUT2D eigenvalue weighted by atomic mass is 32.2. The summed E-state index contributed by atoms with van der Waals surface area (Å²) in [6.07, 6.45) is 8.20. The third-order valence-corrected chi connectivity index (χ3v) is 4.50. The standard InChI is InChI=1S/C7H12OS.C6H8O/c1-7(9-2)4-3-6(8)5-7;1-5-2-3-6(7)4-5/h3-5H2,1-2H3;4H,2-3H2,1H3. The van der Waals surface area contributed by atoms with Crippen LogP contribution in [0.3, 0.4) is 0 Å². The summed E-state index contributed by atoms with van der Waals surface area (Å²) in [5.41, 5.74) is 1.23. The molecule has 3 heteroatoms. The summed E-state index contributed by atoms with van der Waals surface area (Å²) in [6.45, 7) is 4.16. The van der Waals surface area contributed by atoms with Crippen LogP contribution in [0.25, 0.3) is 0 Å². The quantitative estimate of drug-likeness (QED) is 0.706. The molecular formula is C13H20O2S. The van der Waals surface area contributed by atoms with Crippen LogP contribution in [0, 0.1) is 0 Å². The van der Waals surface area contributed by atoms with Gasteiger partial charge in [-0.1, -0.05) is 5.57 Å². The average molecular weight is 240 g/mol. The molecule has 0 N–H and O–H groups in total. The number of rotatable bonds is 1. The fraction of sp³-hybridized carbons (Fsp3) is 0.692. The summed E-state index contributed by atoms with van der Waals surface area (Å²) < 4.78 is 0.275. The maximum atomic E-state index is 10.8. The Labute approximate surface area is 102 Å². The van der Waals surface area contributed by atoms with Gasteiger partial charge >= 0.3 is 0 Å². The lowest BCUT2D eigenvalue weighted by Crippen LogP contribution is -2.13. The summed E-state index contributed by atoms with van der Waals surface area (Å²) >= 11 is 1.82. The second-order valence-corrected chi connectivity index (χ2v) is 6.22. The molecule has 1 atom stereocenters. The van der Waals surface area contributed by atoms with Gasteiger partial charge in [0, 0.05) is 24.0 Å². The van der Waals surface area contributed by atoms with E-state index in [1.807, 2.05) is 18.7 Å². The Kier molecular flexibility index (Phi) is 4.78. The molecule has 1 saturated carbocycles. The van der Waals surface area contributed by atoms with Crippen LogP contribution in [0.15, 0.2) is 11.6 Å². The molecule has 0 amide bonds. The molecule has 0 aromatic carbocycles. The third kappa shape index (κ3) is 4.12. The molecule has 0 aromatic rings. The highest BCUT2D eigenvalue weighted by Crippen LogP contribution is 2.37. The molecule has 0 aromatic heterocycles. The Morgan fingerprint density at radius 2 is 1.94 bits per heavy atom. The predicted octanol–water partition coefficient (Wildman–Crippen LogP) is 3.16. The molecular weight excluding hydrogens is 220 g/mol. The maximum Gasteiger partial charge on any atom is 0.155 e. The highest BCUT2D eigenvalue weighted by Gasteiger charge is 2.32. The van der Waals surface area contributed by atoms with Gasteiger partial charge in [0.2, 0.25) is 0 Å². The van der Waals surface area contributed by atoms with Gasteiger partial charge in [-0.25, -0.2) is 0 Å². The van der Waals surface area contributed by atoms with Crippen molar-refractivity contribution >= 4 is 23.3 Å². The van der Waals surface area contributed by atoms with E-state index in [4.69, 9.17) is 0 Å². The van der Waals surface area contributed by atoms with E-state index in [1.54, 1.807) is 6.08 Å². The van der Waals surface area contributed by atoms with Crippen molar-refractivity contribution in [2.24, 2.45) is 0 Å². The van der Waals surface area contributed by atoms with Crippen molar-refractivity contribution in [2.45, 2.75) is 50.7 Å². The topological polar surface area (TPSA) is 34.1 Å². The lowest BCUT2D eigenvalue weighted by atomic mass is 10.1. The number of Topliss-reactive ketones (excluding diaryl/α,β-unsaturated/α-hetero) is 1. The molecule has 0 aliphatic heterocycles. The zero-order valence-electron chi connectivity index (χ0n) is 10.3. The average Bonchev–Trinajstić information content (AvgIpc) is 2.75. The van der Waals surface area contributed by atoms with Gasteiger partial charge in [0.25, 0.3) is 0 Å². The molecule has 16 heavy (non-hydrogen) atoms. The molecule has 0 bridgehead atoms. The number of carbonyl (C=O) groups excluding carboxylic acids is 2. The van der Waals surface area contributed by atoms with E-state index in [2.05, 4.69) is 13.2 Å². The molecule has 2 nitrogen and oxygen atoms in total. The van der Waals surface area contributed by atoms with Gasteiger partial charge in [0.1, 0.15) is 5.78 Å². The monoisotopic (exact) mass is 240 g/mol. The molecule has 0 heterocycles. The van der Waals surface area contributed by atoms with Crippen molar-refractivity contribution < 1.29 is 9.59 Å². The van der Waals surface area contributed by atoms with Crippen LogP contribution in [-0.2, 0) is 9.59 Å². The summed E-state index contributed by atoms with van der Waals surface area (Å²) in [7, 11) is 0. The van der Waals surface area contributed by atoms with Crippen molar-refractivity contribution in [1.29, 1.82) is 0 Å². The number of thioether (sulfide) groups is 1. The Bertz CT molecular complexity index is 320. The second-order valence-electron chi connectivity index (χ2n) is 4.83. The number of allylic oxidation sites excluding steroid dienone is 2. The molecule has 2 aliphatic rings. The zero-order valence-corrected chi connectivity index (χ0v) is 11.2. The number of hydrogen-bond acceptors (Lipinski definition) is 3. The van der Waals surface area contributed by atoms with Crippen LogP contribution in [0.5, 0.6) is 0 Å². The van der Waals surface area contributed by atoms with E-state index in [-0.39, 0.29) is 10.5 Å². The first-order valence-electron chi connectivity index (χ1n) is 5.72. The minimum Gasteiger partial charge on any atom is -0.300 e. The maximum absolute atomic E-state index is 10.8. The molecule has 2 aliphatic carbocycles. The molecule has 0 saturated heterocycles. The molecule has 2 rings (SSSR count). The first kappa shape index (κ1) is 13.5. The van der Waals surface area contributed by atoms with Gasteiger partial charge in [-0.2, -0.15) is 11.8 Å². The van der Waals surface area contributed by atoms with Crippen molar-refractivity contribution in [3.05, 3.63) is 11.6 Å². The van der Waals surface area contributed by atoms with Crippen molar-refractivity contribution in [2.75, 3.05) is 6.26 Å². The minimum atomic E-state index is 0.275. The Morgan fingerprint density at radius 3 is 2.12 bits per heavy atom. The van der Waals surface area contributed by atoms with Gasteiger partial charge < -0.3 is 0 Å². The van der Waals surface area contributed by atoms with E-state index in [0.29, 0.717) is 5.78 Å². The Morgan fingerprint density at radius 1 is 1.25 bits per heavy atom. The fourth-order valence-electron chi connectivity index (χ4n) is 1.91. The van der Waals surface area contributed by atoms with E-state index >= 15 is 0 Å². The first-order valence-corrected chi connectivity index (χ1v) is 6.94. The van der Waals surface area contributed by atoms with E-state index in [0.717, 1.165) is 32.1 Å². The second kappa shape index (κ2) is 5.67. The predicted molar refractivity (Wildman–Crippen MR) is 68.8 cm³/mol. The molecule has 90 valence electrons.